The third kappa shape index (κ3) is 4.26. The molecule has 4 rings (SSSR count). The van der Waals surface area contributed by atoms with Crippen molar-refractivity contribution in [2.24, 2.45) is 7.05 Å². The molecule has 1 atom stereocenters. The van der Waals surface area contributed by atoms with Crippen LogP contribution in [0.1, 0.15) is 6.92 Å². The molecular weight excluding hydrogens is 364 g/mol. The quantitative estimate of drug-likeness (QED) is 0.671. The van der Waals surface area contributed by atoms with Crippen molar-refractivity contribution in [3.63, 3.8) is 0 Å². The second kappa shape index (κ2) is 8.39. The molecule has 29 heavy (non-hydrogen) atoms. The van der Waals surface area contributed by atoms with Crippen LogP contribution in [0, 0.1) is 0 Å². The molecule has 0 saturated carbocycles. The Morgan fingerprint density at radius 2 is 1.62 bits per heavy atom. The van der Waals surface area contributed by atoms with Crippen molar-refractivity contribution in [3.05, 3.63) is 67.0 Å². The summed E-state index contributed by atoms with van der Waals surface area (Å²) in [5.74, 6) is 1.67. The molecule has 0 spiro atoms. The minimum Gasteiger partial charge on any atom is -0.481 e. The van der Waals surface area contributed by atoms with Crippen molar-refractivity contribution in [1.29, 1.82) is 0 Å². The van der Waals surface area contributed by atoms with E-state index in [1.807, 2.05) is 72.1 Å². The van der Waals surface area contributed by atoms with Crippen LogP contribution in [-0.4, -0.2) is 52.6 Å². The molecule has 0 radical (unpaired) electrons. The first-order valence-electron chi connectivity index (χ1n) is 9.95. The number of hydrogen-bond donors (Lipinski definition) is 0. The number of anilines is 1. The molecule has 0 N–H and O–H groups in total. The molecule has 1 amide bonds. The van der Waals surface area contributed by atoms with Crippen LogP contribution >= 0.6 is 0 Å². The number of nitrogens with zero attached hydrogens (tertiary/aromatic N) is 4. The van der Waals surface area contributed by atoms with Crippen molar-refractivity contribution >= 4 is 11.9 Å². The predicted molar refractivity (Wildman–Crippen MR) is 114 cm³/mol. The zero-order valence-corrected chi connectivity index (χ0v) is 16.9. The van der Waals surface area contributed by atoms with Crippen LogP contribution in [0.15, 0.2) is 67.0 Å². The molecule has 0 unspecified atom stereocenters. The monoisotopic (exact) mass is 390 g/mol. The number of rotatable bonds is 5. The van der Waals surface area contributed by atoms with E-state index >= 15 is 0 Å². The van der Waals surface area contributed by atoms with Crippen molar-refractivity contribution in [1.82, 2.24) is 14.5 Å². The standard InChI is InChI=1S/C23H26N4O2/c1-18(29-21-10-8-20(9-11-21)19-6-4-3-5-7-19)22(28)26-14-16-27(17-15-26)23-24-12-13-25(23)2/h3-13,18H,14-17H2,1-2H3/t18-/m0/s1. The number of amides is 1. The van der Waals surface area contributed by atoms with Crippen molar-refractivity contribution < 1.29 is 9.53 Å². The number of aromatic nitrogens is 2. The lowest BCUT2D eigenvalue weighted by molar-refractivity contribution is -0.138. The highest BCUT2D eigenvalue weighted by atomic mass is 16.5. The maximum atomic E-state index is 12.8. The van der Waals surface area contributed by atoms with Gasteiger partial charge in [0.15, 0.2) is 6.10 Å². The van der Waals surface area contributed by atoms with Gasteiger partial charge in [-0.1, -0.05) is 42.5 Å². The maximum absolute atomic E-state index is 12.8. The van der Waals surface area contributed by atoms with E-state index in [-0.39, 0.29) is 5.91 Å². The van der Waals surface area contributed by atoms with Gasteiger partial charge >= 0.3 is 0 Å². The largest absolute Gasteiger partial charge is 0.481 e. The minimum atomic E-state index is -0.516. The van der Waals surface area contributed by atoms with Crippen molar-refractivity contribution in [2.45, 2.75) is 13.0 Å². The lowest BCUT2D eigenvalue weighted by Crippen LogP contribution is -2.52. The molecule has 3 aromatic rings. The van der Waals surface area contributed by atoms with Gasteiger partial charge in [0.25, 0.3) is 5.91 Å². The van der Waals surface area contributed by atoms with E-state index in [0.717, 1.165) is 30.2 Å². The van der Waals surface area contributed by atoms with E-state index in [1.165, 1.54) is 0 Å². The van der Waals surface area contributed by atoms with E-state index in [4.69, 9.17) is 4.74 Å². The van der Waals surface area contributed by atoms with Gasteiger partial charge in [0.2, 0.25) is 5.95 Å². The maximum Gasteiger partial charge on any atom is 0.263 e. The molecular formula is C23H26N4O2. The summed E-state index contributed by atoms with van der Waals surface area (Å²) in [6, 6.07) is 18.1. The zero-order chi connectivity index (χ0) is 20.2. The lowest BCUT2D eigenvalue weighted by Gasteiger charge is -2.36. The van der Waals surface area contributed by atoms with E-state index < -0.39 is 6.10 Å². The minimum absolute atomic E-state index is 0.0247. The molecule has 150 valence electrons. The molecule has 2 heterocycles. The smallest absolute Gasteiger partial charge is 0.263 e. The zero-order valence-electron chi connectivity index (χ0n) is 16.9. The third-order valence-electron chi connectivity index (χ3n) is 5.29. The predicted octanol–water partition coefficient (Wildman–Crippen LogP) is 3.20. The summed E-state index contributed by atoms with van der Waals surface area (Å²) in [7, 11) is 1.98. The number of imidazole rings is 1. The Morgan fingerprint density at radius 3 is 2.24 bits per heavy atom. The highest BCUT2D eigenvalue weighted by Gasteiger charge is 2.27. The van der Waals surface area contributed by atoms with Gasteiger partial charge < -0.3 is 19.1 Å². The normalized spacial score (nSPS) is 15.2. The van der Waals surface area contributed by atoms with Crippen LogP contribution in [0.4, 0.5) is 5.95 Å². The molecule has 1 saturated heterocycles. The third-order valence-corrected chi connectivity index (χ3v) is 5.29. The van der Waals surface area contributed by atoms with Crippen LogP contribution in [-0.2, 0) is 11.8 Å². The summed E-state index contributed by atoms with van der Waals surface area (Å²) in [5.41, 5.74) is 2.29. The van der Waals surface area contributed by atoms with Gasteiger partial charge in [0.1, 0.15) is 5.75 Å². The van der Waals surface area contributed by atoms with Gasteiger partial charge in [-0.2, -0.15) is 0 Å². The molecule has 1 aromatic heterocycles. The number of aryl methyl sites for hydroxylation is 1. The summed E-state index contributed by atoms with van der Waals surface area (Å²) >= 11 is 0. The number of benzene rings is 2. The van der Waals surface area contributed by atoms with Gasteiger partial charge in [0.05, 0.1) is 0 Å². The second-order valence-electron chi connectivity index (χ2n) is 7.30. The fraction of sp³-hybridized carbons (Fsp3) is 0.304. The first kappa shape index (κ1) is 19.1. The fourth-order valence-corrected chi connectivity index (χ4v) is 3.66. The van der Waals surface area contributed by atoms with Gasteiger partial charge in [-0.25, -0.2) is 4.98 Å². The summed E-state index contributed by atoms with van der Waals surface area (Å²) in [4.78, 5) is 21.3. The summed E-state index contributed by atoms with van der Waals surface area (Å²) in [6.07, 6.45) is 3.22. The first-order chi connectivity index (χ1) is 14.1. The average Bonchev–Trinajstić information content (AvgIpc) is 3.20. The molecule has 1 aliphatic rings. The van der Waals surface area contributed by atoms with Crippen LogP contribution in [0.3, 0.4) is 0 Å². The highest BCUT2D eigenvalue weighted by Crippen LogP contribution is 2.23. The fourth-order valence-electron chi connectivity index (χ4n) is 3.66. The Hall–Kier alpha value is -3.28. The SMILES string of the molecule is C[C@H](Oc1ccc(-c2ccccc2)cc1)C(=O)N1CCN(c2nccn2C)CC1. The van der Waals surface area contributed by atoms with Gasteiger partial charge in [-0.3, -0.25) is 4.79 Å². The van der Waals surface area contributed by atoms with E-state index in [1.54, 1.807) is 6.20 Å². The molecule has 1 aliphatic heterocycles. The van der Waals surface area contributed by atoms with E-state index in [0.29, 0.717) is 18.8 Å². The van der Waals surface area contributed by atoms with Crippen molar-refractivity contribution in [3.8, 4) is 16.9 Å². The molecule has 2 aromatic carbocycles. The van der Waals surface area contributed by atoms with Gasteiger partial charge in [-0.05, 0) is 30.2 Å². The first-order valence-corrected chi connectivity index (χ1v) is 9.95. The van der Waals surface area contributed by atoms with Crippen LogP contribution in [0.5, 0.6) is 5.75 Å². The Bertz CT molecular complexity index is 945. The molecule has 6 heteroatoms. The van der Waals surface area contributed by atoms with Gasteiger partial charge in [0, 0.05) is 45.6 Å². The van der Waals surface area contributed by atoms with Crippen LogP contribution in [0.2, 0.25) is 0 Å². The van der Waals surface area contributed by atoms with E-state index in [2.05, 4.69) is 22.0 Å². The highest BCUT2D eigenvalue weighted by molar-refractivity contribution is 5.81. The average molecular weight is 390 g/mol. The summed E-state index contributed by atoms with van der Waals surface area (Å²) < 4.78 is 7.92. The lowest BCUT2D eigenvalue weighted by atomic mass is 10.1. The number of ether oxygens (including phenoxy) is 1. The van der Waals surface area contributed by atoms with Crippen LogP contribution in [0.25, 0.3) is 11.1 Å². The Kier molecular flexibility index (Phi) is 5.51. The Balaban J connectivity index is 1.32. The van der Waals surface area contributed by atoms with Crippen molar-refractivity contribution in [2.75, 3.05) is 31.1 Å². The molecule has 0 bridgehead atoms. The molecule has 0 aliphatic carbocycles. The molecule has 1 fully saturated rings. The van der Waals surface area contributed by atoms with Gasteiger partial charge in [-0.15, -0.1) is 0 Å². The number of carbonyl (C=O) groups is 1. The number of piperazine rings is 1. The second-order valence-corrected chi connectivity index (χ2v) is 7.30. The van der Waals surface area contributed by atoms with Crippen LogP contribution < -0.4 is 9.64 Å². The molecule has 6 nitrogen and oxygen atoms in total. The number of hydrogen-bond acceptors (Lipinski definition) is 4. The Labute approximate surface area is 171 Å². The summed E-state index contributed by atoms with van der Waals surface area (Å²) in [5, 5.41) is 0. The number of carbonyl (C=O) groups excluding carboxylic acids is 1. The Morgan fingerprint density at radius 1 is 0.966 bits per heavy atom. The summed E-state index contributed by atoms with van der Waals surface area (Å²) in [6.45, 7) is 4.71. The van der Waals surface area contributed by atoms with E-state index in [9.17, 15) is 4.79 Å². The topological polar surface area (TPSA) is 50.6 Å².